The second kappa shape index (κ2) is 5.46. The highest BCUT2D eigenvalue weighted by atomic mass is 16.6. The predicted molar refractivity (Wildman–Crippen MR) is 101 cm³/mol. The number of epoxide rings is 1. The van der Waals surface area contributed by atoms with Crippen molar-refractivity contribution in [2.75, 3.05) is 0 Å². The van der Waals surface area contributed by atoms with Gasteiger partial charge in [-0.2, -0.15) is 0 Å². The SMILES string of the molecule is CC(=O)O[C@@H]1CC[C@@]2(C)C(=CC[C@@H]3[C@@H]2CC[C@@]2(C)[C@H]3C[C@@H]3O[C@]32C(C)=O)C1. The summed E-state index contributed by atoms with van der Waals surface area (Å²) in [4.78, 5) is 23.8. The maximum atomic E-state index is 12.5. The van der Waals surface area contributed by atoms with E-state index in [4.69, 9.17) is 9.47 Å². The van der Waals surface area contributed by atoms with E-state index in [0.717, 1.165) is 38.5 Å². The predicted octanol–water partition coefficient (Wildman–Crippen LogP) is 4.22. The number of fused-ring (bicyclic) bond motifs is 7. The summed E-state index contributed by atoms with van der Waals surface area (Å²) in [5.41, 5.74) is 1.30. The Labute approximate surface area is 162 Å². The van der Waals surface area contributed by atoms with Crippen LogP contribution in [-0.2, 0) is 19.1 Å². The Hall–Kier alpha value is -1.16. The first-order valence-corrected chi connectivity index (χ1v) is 10.8. The van der Waals surface area contributed by atoms with Crippen LogP contribution < -0.4 is 0 Å². The van der Waals surface area contributed by atoms with Crippen molar-refractivity contribution < 1.29 is 19.1 Å². The van der Waals surface area contributed by atoms with E-state index in [1.165, 1.54) is 18.9 Å². The monoisotopic (exact) mass is 372 g/mol. The van der Waals surface area contributed by atoms with E-state index in [1.807, 2.05) is 0 Å². The average Bonchev–Trinajstić information content (AvgIpc) is 3.27. The molecule has 8 atom stereocenters. The lowest BCUT2D eigenvalue weighted by molar-refractivity contribution is -0.149. The van der Waals surface area contributed by atoms with Gasteiger partial charge in [0.05, 0.1) is 6.10 Å². The molecule has 0 unspecified atom stereocenters. The van der Waals surface area contributed by atoms with Gasteiger partial charge >= 0.3 is 5.97 Å². The number of esters is 1. The van der Waals surface area contributed by atoms with Crippen LogP contribution in [0.25, 0.3) is 0 Å². The van der Waals surface area contributed by atoms with Crippen LogP contribution in [0.5, 0.6) is 0 Å². The highest BCUT2D eigenvalue weighted by Crippen LogP contribution is 2.73. The topological polar surface area (TPSA) is 55.9 Å². The lowest BCUT2D eigenvalue weighted by Crippen LogP contribution is -2.54. The summed E-state index contributed by atoms with van der Waals surface area (Å²) < 4.78 is 11.6. The third-order valence-corrected chi connectivity index (χ3v) is 9.34. The fraction of sp³-hybridized carbons (Fsp3) is 0.826. The molecule has 5 aliphatic rings. The van der Waals surface area contributed by atoms with Crippen LogP contribution in [0.4, 0.5) is 0 Å². The summed E-state index contributed by atoms with van der Waals surface area (Å²) in [5.74, 6) is 2.03. The zero-order valence-corrected chi connectivity index (χ0v) is 17.0. The minimum atomic E-state index is -0.472. The van der Waals surface area contributed by atoms with Crippen molar-refractivity contribution in [1.29, 1.82) is 0 Å². The highest BCUT2D eigenvalue weighted by Gasteiger charge is 2.79. The molecule has 0 spiro atoms. The zero-order chi connectivity index (χ0) is 19.2. The molecule has 0 bridgehead atoms. The van der Waals surface area contributed by atoms with E-state index in [1.54, 1.807) is 6.92 Å². The molecule has 4 heteroatoms. The number of carbonyl (C=O) groups excluding carboxylic acids is 2. The van der Waals surface area contributed by atoms with E-state index in [-0.39, 0.29) is 34.8 Å². The van der Waals surface area contributed by atoms with Gasteiger partial charge in [0.2, 0.25) is 0 Å². The molecule has 1 heterocycles. The second-order valence-electron chi connectivity index (χ2n) is 10.3. The third kappa shape index (κ3) is 2.14. The van der Waals surface area contributed by atoms with Crippen LogP contribution in [0.3, 0.4) is 0 Å². The van der Waals surface area contributed by atoms with Gasteiger partial charge in [0, 0.05) is 18.8 Å². The Kier molecular flexibility index (Phi) is 3.62. The van der Waals surface area contributed by atoms with Gasteiger partial charge in [0.25, 0.3) is 0 Å². The minimum absolute atomic E-state index is 0.0152. The molecule has 1 saturated heterocycles. The van der Waals surface area contributed by atoms with Crippen LogP contribution in [0.15, 0.2) is 11.6 Å². The normalized spacial score (nSPS) is 52.6. The molecule has 5 rings (SSSR count). The highest BCUT2D eigenvalue weighted by molar-refractivity contribution is 5.90. The average molecular weight is 373 g/mol. The van der Waals surface area contributed by atoms with E-state index >= 15 is 0 Å². The van der Waals surface area contributed by atoms with Gasteiger partial charge in [-0.25, -0.2) is 0 Å². The van der Waals surface area contributed by atoms with Gasteiger partial charge in [-0.1, -0.05) is 25.5 Å². The Bertz CT molecular complexity index is 741. The molecule has 148 valence electrons. The number of ketones is 1. The molecule has 0 amide bonds. The van der Waals surface area contributed by atoms with Gasteiger partial charge in [0.15, 0.2) is 11.4 Å². The number of ether oxygens (including phenoxy) is 2. The summed E-state index contributed by atoms with van der Waals surface area (Å²) in [6.07, 6.45) is 10.1. The third-order valence-electron chi connectivity index (χ3n) is 9.34. The quantitative estimate of drug-likeness (QED) is 0.414. The van der Waals surface area contributed by atoms with E-state index in [2.05, 4.69) is 19.9 Å². The van der Waals surface area contributed by atoms with Crippen molar-refractivity contribution in [3.05, 3.63) is 11.6 Å². The van der Waals surface area contributed by atoms with E-state index in [0.29, 0.717) is 17.8 Å². The Morgan fingerprint density at radius 1 is 1.15 bits per heavy atom. The molecule has 4 nitrogen and oxygen atoms in total. The number of rotatable bonds is 2. The molecule has 0 aromatic heterocycles. The van der Waals surface area contributed by atoms with Crippen molar-refractivity contribution in [3.63, 3.8) is 0 Å². The standard InChI is InChI=1S/C23H32O4/c1-13(24)23-20(27-23)12-19-17-6-5-15-11-16(26-14(2)25)7-9-21(15,3)18(17)8-10-22(19,23)4/h5,16-20H,6-12H2,1-4H3/t16-,17-,18+,19+,20+,21+,22+,23-/m1/s1. The number of allylic oxidation sites excluding steroid dienone is 1. The Morgan fingerprint density at radius 2 is 1.93 bits per heavy atom. The zero-order valence-electron chi connectivity index (χ0n) is 17.0. The van der Waals surface area contributed by atoms with E-state index in [9.17, 15) is 9.59 Å². The summed E-state index contributed by atoms with van der Waals surface area (Å²) in [6, 6.07) is 0. The molecule has 0 radical (unpaired) electrons. The molecular weight excluding hydrogens is 340 g/mol. The Balaban J connectivity index is 1.43. The summed E-state index contributed by atoms with van der Waals surface area (Å²) in [5, 5.41) is 0. The molecule has 3 saturated carbocycles. The van der Waals surface area contributed by atoms with Crippen LogP contribution in [-0.4, -0.2) is 29.6 Å². The second-order valence-corrected chi connectivity index (χ2v) is 10.3. The minimum Gasteiger partial charge on any atom is -0.462 e. The van der Waals surface area contributed by atoms with Gasteiger partial charge in [-0.15, -0.1) is 0 Å². The summed E-state index contributed by atoms with van der Waals surface area (Å²) >= 11 is 0. The van der Waals surface area contributed by atoms with Gasteiger partial charge in [-0.05, 0) is 68.6 Å². The van der Waals surface area contributed by atoms with Crippen molar-refractivity contribution in [1.82, 2.24) is 0 Å². The van der Waals surface area contributed by atoms with Crippen molar-refractivity contribution in [2.45, 2.75) is 90.4 Å². The largest absolute Gasteiger partial charge is 0.462 e. The van der Waals surface area contributed by atoms with Gasteiger partial charge < -0.3 is 9.47 Å². The number of hydrogen-bond acceptors (Lipinski definition) is 4. The fourth-order valence-electron chi connectivity index (χ4n) is 8.03. The Morgan fingerprint density at radius 3 is 2.63 bits per heavy atom. The summed E-state index contributed by atoms with van der Waals surface area (Å²) in [7, 11) is 0. The van der Waals surface area contributed by atoms with Crippen LogP contribution in [0.2, 0.25) is 0 Å². The maximum Gasteiger partial charge on any atom is 0.302 e. The first-order chi connectivity index (χ1) is 12.7. The van der Waals surface area contributed by atoms with E-state index < -0.39 is 5.60 Å². The molecule has 0 aromatic carbocycles. The van der Waals surface area contributed by atoms with Crippen molar-refractivity contribution >= 4 is 11.8 Å². The van der Waals surface area contributed by atoms with Gasteiger partial charge in [0.1, 0.15) is 6.10 Å². The first kappa shape index (κ1) is 17.9. The maximum absolute atomic E-state index is 12.5. The fourth-order valence-corrected chi connectivity index (χ4v) is 8.03. The van der Waals surface area contributed by atoms with Crippen LogP contribution in [0, 0.1) is 28.6 Å². The van der Waals surface area contributed by atoms with Gasteiger partial charge in [-0.3, -0.25) is 9.59 Å². The molecule has 27 heavy (non-hydrogen) atoms. The number of carbonyl (C=O) groups is 2. The lowest BCUT2D eigenvalue weighted by atomic mass is 9.47. The molecular formula is C23H32O4. The van der Waals surface area contributed by atoms with Crippen LogP contribution in [0.1, 0.15) is 72.6 Å². The molecule has 1 aliphatic heterocycles. The molecule has 0 N–H and O–H groups in total. The summed E-state index contributed by atoms with van der Waals surface area (Å²) in [6.45, 7) is 8.03. The van der Waals surface area contributed by atoms with Crippen molar-refractivity contribution in [2.24, 2.45) is 28.6 Å². The van der Waals surface area contributed by atoms with Crippen molar-refractivity contribution in [3.8, 4) is 0 Å². The molecule has 0 aromatic rings. The smallest absolute Gasteiger partial charge is 0.302 e. The molecule has 4 aliphatic carbocycles. The number of hydrogen-bond donors (Lipinski definition) is 0. The molecule has 4 fully saturated rings. The lowest BCUT2D eigenvalue weighted by Gasteiger charge is -2.58. The van der Waals surface area contributed by atoms with Crippen LogP contribution >= 0.6 is 0 Å². The first-order valence-electron chi connectivity index (χ1n) is 10.8. The number of Topliss-reactive ketones (excluding diaryl/α,β-unsaturated/α-hetero) is 1.